The molecule has 2 heterocycles. The summed E-state index contributed by atoms with van der Waals surface area (Å²) in [5, 5.41) is 5.38. The van der Waals surface area contributed by atoms with Crippen LogP contribution in [-0.2, 0) is 17.8 Å². The van der Waals surface area contributed by atoms with E-state index in [1.54, 1.807) is 20.3 Å². The van der Waals surface area contributed by atoms with Crippen molar-refractivity contribution >= 4 is 34.7 Å². The fourth-order valence-corrected chi connectivity index (χ4v) is 3.18. The number of benzene rings is 1. The Morgan fingerprint density at radius 1 is 1.22 bits per heavy atom. The maximum atomic E-state index is 14.0. The Kier molecular flexibility index (Phi) is 7.98. The van der Waals surface area contributed by atoms with Crippen molar-refractivity contribution in [1.29, 1.82) is 0 Å². The summed E-state index contributed by atoms with van der Waals surface area (Å²) in [5.41, 5.74) is 0.952. The van der Waals surface area contributed by atoms with Gasteiger partial charge in [0.15, 0.2) is 17.0 Å². The number of nitrogens with zero attached hydrogens (tertiary/aromatic N) is 4. The standard InChI is InChI=1S/C20H23ClF2N6O3/c1-3-31-12-8-14(22)13(15(23)9-12)10-25-20(30)32-7-5-4-6-29-11-26-16-17(24-2)27-19(21)28-18(16)29/h8-9,11H,3-7,10H2,1-2H3,(H,25,30)(H,24,27,28). The zero-order valence-electron chi connectivity index (χ0n) is 17.6. The second kappa shape index (κ2) is 10.9. The first-order valence-electron chi connectivity index (χ1n) is 10.00. The van der Waals surface area contributed by atoms with Crippen LogP contribution in [0.25, 0.3) is 11.2 Å². The number of fused-ring (bicyclic) bond motifs is 1. The number of imidazole rings is 1. The summed E-state index contributed by atoms with van der Waals surface area (Å²) in [5.74, 6) is -0.965. The summed E-state index contributed by atoms with van der Waals surface area (Å²) in [7, 11) is 1.72. The molecule has 3 aromatic rings. The van der Waals surface area contributed by atoms with E-state index < -0.39 is 17.7 Å². The number of amides is 1. The van der Waals surface area contributed by atoms with Gasteiger partial charge in [0, 0.05) is 31.3 Å². The normalized spacial score (nSPS) is 10.9. The Bertz CT molecular complexity index is 1070. The number of carbonyl (C=O) groups excluding carboxylic acids is 1. The lowest BCUT2D eigenvalue weighted by Gasteiger charge is -2.10. The van der Waals surface area contributed by atoms with E-state index in [9.17, 15) is 13.6 Å². The topological polar surface area (TPSA) is 103 Å². The van der Waals surface area contributed by atoms with Gasteiger partial charge < -0.3 is 24.7 Å². The molecule has 0 spiro atoms. The maximum absolute atomic E-state index is 14.0. The number of aromatic nitrogens is 4. The lowest BCUT2D eigenvalue weighted by molar-refractivity contribution is 0.143. The fraction of sp³-hybridized carbons (Fsp3) is 0.400. The molecule has 0 saturated heterocycles. The fourth-order valence-electron chi connectivity index (χ4n) is 3.01. The number of ether oxygens (including phenoxy) is 2. The van der Waals surface area contributed by atoms with E-state index in [0.717, 1.165) is 12.1 Å². The van der Waals surface area contributed by atoms with Crippen LogP contribution in [0.5, 0.6) is 5.75 Å². The lowest BCUT2D eigenvalue weighted by Crippen LogP contribution is -2.25. The monoisotopic (exact) mass is 468 g/mol. The first-order chi connectivity index (χ1) is 15.4. The number of aryl methyl sites for hydroxylation is 1. The average molecular weight is 469 g/mol. The van der Waals surface area contributed by atoms with E-state index in [-0.39, 0.29) is 29.7 Å². The Morgan fingerprint density at radius 2 is 1.97 bits per heavy atom. The molecule has 1 aromatic carbocycles. The first kappa shape index (κ1) is 23.5. The molecule has 0 atom stereocenters. The minimum atomic E-state index is -0.799. The maximum Gasteiger partial charge on any atom is 0.407 e. The second-order valence-electron chi connectivity index (χ2n) is 6.70. The molecule has 2 N–H and O–H groups in total. The molecule has 0 fully saturated rings. The molecule has 0 bridgehead atoms. The third kappa shape index (κ3) is 5.72. The summed E-state index contributed by atoms with van der Waals surface area (Å²) in [6, 6.07) is 2.15. The SMILES string of the molecule is CCOc1cc(F)c(CNC(=O)OCCCCn2cnc3c(NC)nc(Cl)nc32)c(F)c1. The number of carbonyl (C=O) groups is 1. The van der Waals surface area contributed by atoms with Crippen molar-refractivity contribution in [2.45, 2.75) is 32.9 Å². The van der Waals surface area contributed by atoms with E-state index in [2.05, 4.69) is 25.6 Å². The number of unbranched alkanes of at least 4 members (excludes halogenated alkanes) is 1. The molecule has 0 saturated carbocycles. The van der Waals surface area contributed by atoms with Gasteiger partial charge in [-0.05, 0) is 31.4 Å². The molecule has 0 radical (unpaired) electrons. The molecule has 9 nitrogen and oxygen atoms in total. The highest BCUT2D eigenvalue weighted by Crippen LogP contribution is 2.21. The van der Waals surface area contributed by atoms with Crippen molar-refractivity contribution in [3.8, 4) is 5.75 Å². The predicted molar refractivity (Wildman–Crippen MR) is 115 cm³/mol. The van der Waals surface area contributed by atoms with Gasteiger partial charge in [-0.1, -0.05) is 0 Å². The number of rotatable bonds is 10. The van der Waals surface area contributed by atoms with Crippen molar-refractivity contribution in [2.24, 2.45) is 0 Å². The number of hydrogen-bond acceptors (Lipinski definition) is 7. The third-order valence-electron chi connectivity index (χ3n) is 4.53. The smallest absolute Gasteiger partial charge is 0.407 e. The van der Waals surface area contributed by atoms with Gasteiger partial charge in [-0.15, -0.1) is 0 Å². The third-order valence-corrected chi connectivity index (χ3v) is 4.70. The quantitative estimate of drug-likeness (QED) is 0.343. The highest BCUT2D eigenvalue weighted by molar-refractivity contribution is 6.28. The number of anilines is 1. The van der Waals surface area contributed by atoms with Gasteiger partial charge in [-0.25, -0.2) is 18.6 Å². The highest BCUT2D eigenvalue weighted by Gasteiger charge is 2.14. The first-order valence-corrected chi connectivity index (χ1v) is 10.4. The lowest BCUT2D eigenvalue weighted by atomic mass is 10.2. The van der Waals surface area contributed by atoms with Gasteiger partial charge in [-0.3, -0.25) is 0 Å². The van der Waals surface area contributed by atoms with Crippen LogP contribution in [-0.4, -0.2) is 45.9 Å². The summed E-state index contributed by atoms with van der Waals surface area (Å²) < 4.78 is 40.0. The van der Waals surface area contributed by atoms with Crippen LogP contribution in [0.1, 0.15) is 25.3 Å². The second-order valence-corrected chi connectivity index (χ2v) is 7.03. The minimum Gasteiger partial charge on any atom is -0.494 e. The van der Waals surface area contributed by atoms with Crippen LogP contribution in [0.15, 0.2) is 18.5 Å². The average Bonchev–Trinajstić information content (AvgIpc) is 3.15. The van der Waals surface area contributed by atoms with Crippen molar-refractivity contribution in [2.75, 3.05) is 25.6 Å². The Labute approximate surface area is 188 Å². The highest BCUT2D eigenvalue weighted by atomic mass is 35.5. The van der Waals surface area contributed by atoms with Crippen molar-refractivity contribution in [1.82, 2.24) is 24.8 Å². The van der Waals surface area contributed by atoms with E-state index in [1.165, 1.54) is 0 Å². The van der Waals surface area contributed by atoms with Crippen molar-refractivity contribution in [3.05, 3.63) is 40.9 Å². The molecule has 12 heteroatoms. The van der Waals surface area contributed by atoms with Crippen LogP contribution in [0.2, 0.25) is 5.28 Å². The molecule has 2 aromatic heterocycles. The van der Waals surface area contributed by atoms with Gasteiger partial charge in [0.2, 0.25) is 5.28 Å². The molecule has 0 aliphatic rings. The molecule has 172 valence electrons. The summed E-state index contributed by atoms with van der Waals surface area (Å²) >= 11 is 5.94. The molecule has 0 unspecified atom stereocenters. The van der Waals surface area contributed by atoms with Crippen LogP contribution in [0.3, 0.4) is 0 Å². The van der Waals surface area contributed by atoms with Gasteiger partial charge in [0.25, 0.3) is 0 Å². The van der Waals surface area contributed by atoms with E-state index in [0.29, 0.717) is 43.0 Å². The molecular weight excluding hydrogens is 446 g/mol. The Balaban J connectivity index is 1.43. The van der Waals surface area contributed by atoms with Crippen molar-refractivity contribution < 1.29 is 23.0 Å². The number of hydrogen-bond donors (Lipinski definition) is 2. The van der Waals surface area contributed by atoms with Crippen molar-refractivity contribution in [3.63, 3.8) is 0 Å². The van der Waals surface area contributed by atoms with Crippen LogP contribution in [0.4, 0.5) is 19.4 Å². The molecule has 32 heavy (non-hydrogen) atoms. The van der Waals surface area contributed by atoms with Gasteiger partial charge >= 0.3 is 6.09 Å². The molecule has 0 aliphatic heterocycles. The van der Waals surface area contributed by atoms with E-state index in [4.69, 9.17) is 21.1 Å². The van der Waals surface area contributed by atoms with Gasteiger partial charge in [0.05, 0.1) is 26.1 Å². The zero-order chi connectivity index (χ0) is 23.1. The Hall–Kier alpha value is -3.21. The molecular formula is C20H23ClF2N6O3. The molecule has 0 aliphatic carbocycles. The van der Waals surface area contributed by atoms with Gasteiger partial charge in [-0.2, -0.15) is 9.97 Å². The van der Waals surface area contributed by atoms with E-state index in [1.807, 2.05) is 4.57 Å². The van der Waals surface area contributed by atoms with Gasteiger partial charge in [0.1, 0.15) is 17.4 Å². The van der Waals surface area contributed by atoms with Crippen LogP contribution < -0.4 is 15.4 Å². The zero-order valence-corrected chi connectivity index (χ0v) is 18.4. The predicted octanol–water partition coefficient (Wildman–Crippen LogP) is 3.90. The number of nitrogens with one attached hydrogen (secondary N) is 2. The number of alkyl carbamates (subject to hydrolysis) is 1. The summed E-state index contributed by atoms with van der Waals surface area (Å²) in [4.78, 5) is 24.4. The summed E-state index contributed by atoms with van der Waals surface area (Å²) in [6.45, 7) is 2.39. The van der Waals surface area contributed by atoms with Crippen LogP contribution >= 0.6 is 11.6 Å². The number of halogens is 3. The van der Waals surface area contributed by atoms with Crippen LogP contribution in [0, 0.1) is 11.6 Å². The minimum absolute atomic E-state index is 0.0930. The summed E-state index contributed by atoms with van der Waals surface area (Å²) in [6.07, 6.45) is 2.13. The Morgan fingerprint density at radius 3 is 2.66 bits per heavy atom. The molecule has 3 rings (SSSR count). The molecule has 1 amide bonds. The van der Waals surface area contributed by atoms with E-state index >= 15 is 0 Å². The largest absolute Gasteiger partial charge is 0.494 e.